The van der Waals surface area contributed by atoms with Gasteiger partial charge >= 0.3 is 0 Å². The fraction of sp³-hybridized carbons (Fsp3) is 0.125. The van der Waals surface area contributed by atoms with Crippen LogP contribution in [-0.2, 0) is 0 Å². The van der Waals surface area contributed by atoms with Crippen LogP contribution in [0.25, 0.3) is 17.1 Å². The summed E-state index contributed by atoms with van der Waals surface area (Å²) in [6.07, 6.45) is 7.69. The molecule has 3 nitrogen and oxygen atoms in total. The molecular formula is C16H17N3. The number of aromatic nitrogens is 3. The van der Waals surface area contributed by atoms with Crippen LogP contribution in [0.1, 0.15) is 12.7 Å². The largest absolute Gasteiger partial charge is 0.280 e. The summed E-state index contributed by atoms with van der Waals surface area (Å²) in [7, 11) is 0. The molecule has 0 amide bonds. The number of hydrogen-bond acceptors (Lipinski definition) is 2. The molecule has 0 radical (unpaired) electrons. The van der Waals surface area contributed by atoms with Crippen molar-refractivity contribution in [2.75, 3.05) is 0 Å². The lowest BCUT2D eigenvalue weighted by atomic mass is 10.2. The van der Waals surface area contributed by atoms with Crippen LogP contribution in [0.5, 0.6) is 0 Å². The molecule has 0 unspecified atom stereocenters. The number of rotatable bonds is 4. The topological polar surface area (TPSA) is 30.7 Å². The molecule has 0 fully saturated rings. The van der Waals surface area contributed by atoms with Crippen molar-refractivity contribution >= 4 is 5.70 Å². The van der Waals surface area contributed by atoms with Crippen LogP contribution in [0.3, 0.4) is 0 Å². The van der Waals surface area contributed by atoms with Crippen LogP contribution >= 0.6 is 0 Å². The van der Waals surface area contributed by atoms with Crippen molar-refractivity contribution in [2.45, 2.75) is 13.8 Å². The molecule has 0 saturated carbocycles. The van der Waals surface area contributed by atoms with Crippen molar-refractivity contribution in [3.05, 3.63) is 67.0 Å². The van der Waals surface area contributed by atoms with Crippen LogP contribution < -0.4 is 0 Å². The Hall–Kier alpha value is -2.42. The molecule has 3 heteroatoms. The number of benzene rings is 1. The van der Waals surface area contributed by atoms with Crippen LogP contribution in [0.2, 0.25) is 0 Å². The van der Waals surface area contributed by atoms with Gasteiger partial charge in [-0.2, -0.15) is 0 Å². The Morgan fingerprint density at radius 2 is 1.95 bits per heavy atom. The van der Waals surface area contributed by atoms with Crippen molar-refractivity contribution in [1.82, 2.24) is 14.8 Å². The first-order chi connectivity index (χ1) is 9.27. The summed E-state index contributed by atoms with van der Waals surface area (Å²) < 4.78 is 2.04. The van der Waals surface area contributed by atoms with E-state index in [1.54, 1.807) is 6.08 Å². The van der Waals surface area contributed by atoms with Gasteiger partial charge in [-0.1, -0.05) is 55.1 Å². The molecular weight excluding hydrogens is 234 g/mol. The molecule has 1 heterocycles. The zero-order chi connectivity index (χ0) is 13.7. The fourth-order valence-corrected chi connectivity index (χ4v) is 1.91. The fourth-order valence-electron chi connectivity index (χ4n) is 1.91. The summed E-state index contributed by atoms with van der Waals surface area (Å²) >= 11 is 0. The molecule has 0 aliphatic heterocycles. The third-order valence-electron chi connectivity index (χ3n) is 2.81. The maximum atomic E-state index is 4.28. The lowest BCUT2D eigenvalue weighted by Crippen LogP contribution is -2.00. The zero-order valence-electron chi connectivity index (χ0n) is 11.2. The van der Waals surface area contributed by atoms with Crippen LogP contribution in [0, 0.1) is 6.92 Å². The predicted molar refractivity (Wildman–Crippen MR) is 79.5 cm³/mol. The average molecular weight is 251 g/mol. The molecule has 2 rings (SSSR count). The van der Waals surface area contributed by atoms with E-state index < -0.39 is 0 Å². The number of allylic oxidation sites excluding steroid dienone is 5. The second-order valence-electron chi connectivity index (χ2n) is 4.08. The van der Waals surface area contributed by atoms with Gasteiger partial charge in [0.15, 0.2) is 5.82 Å². The van der Waals surface area contributed by atoms with Gasteiger partial charge in [0.2, 0.25) is 0 Å². The van der Waals surface area contributed by atoms with E-state index >= 15 is 0 Å². The van der Waals surface area contributed by atoms with Crippen LogP contribution in [-0.4, -0.2) is 14.8 Å². The highest BCUT2D eigenvalue weighted by Gasteiger charge is 2.12. The van der Waals surface area contributed by atoms with E-state index in [1.807, 2.05) is 67.0 Å². The molecule has 0 aliphatic carbocycles. The van der Waals surface area contributed by atoms with Gasteiger partial charge in [-0.3, -0.25) is 4.57 Å². The highest BCUT2D eigenvalue weighted by molar-refractivity contribution is 5.67. The van der Waals surface area contributed by atoms with E-state index in [4.69, 9.17) is 0 Å². The summed E-state index contributed by atoms with van der Waals surface area (Å²) in [5.41, 5.74) is 2.08. The average Bonchev–Trinajstić information content (AvgIpc) is 2.83. The smallest absolute Gasteiger partial charge is 0.168 e. The molecule has 0 atom stereocenters. The Kier molecular flexibility index (Phi) is 4.08. The quantitative estimate of drug-likeness (QED) is 0.772. The van der Waals surface area contributed by atoms with E-state index in [2.05, 4.69) is 16.8 Å². The molecule has 0 spiro atoms. The molecule has 0 bridgehead atoms. The third kappa shape index (κ3) is 2.71. The van der Waals surface area contributed by atoms with E-state index in [0.717, 1.165) is 22.9 Å². The maximum Gasteiger partial charge on any atom is 0.168 e. The van der Waals surface area contributed by atoms with Gasteiger partial charge < -0.3 is 0 Å². The van der Waals surface area contributed by atoms with Gasteiger partial charge in [0.05, 0.1) is 0 Å². The highest BCUT2D eigenvalue weighted by Crippen LogP contribution is 2.22. The Labute approximate surface area is 113 Å². The summed E-state index contributed by atoms with van der Waals surface area (Å²) in [5.74, 6) is 1.71. The zero-order valence-corrected chi connectivity index (χ0v) is 11.2. The molecule has 0 saturated heterocycles. The van der Waals surface area contributed by atoms with Crippen molar-refractivity contribution in [3.63, 3.8) is 0 Å². The molecule has 2 aromatic rings. The summed E-state index contributed by atoms with van der Waals surface area (Å²) in [4.78, 5) is 0. The van der Waals surface area contributed by atoms with E-state index in [1.165, 1.54) is 0 Å². The molecule has 1 aromatic heterocycles. The third-order valence-corrected chi connectivity index (χ3v) is 2.81. The number of aryl methyl sites for hydroxylation is 1. The second-order valence-corrected chi connectivity index (χ2v) is 4.08. The van der Waals surface area contributed by atoms with Gasteiger partial charge in [0.1, 0.15) is 5.82 Å². The minimum Gasteiger partial charge on any atom is -0.280 e. The normalized spacial score (nSPS) is 12.0. The van der Waals surface area contributed by atoms with Gasteiger partial charge in [0.25, 0.3) is 0 Å². The molecule has 0 N–H and O–H groups in total. The molecule has 96 valence electrons. The Morgan fingerprint density at radius 1 is 1.21 bits per heavy atom. The lowest BCUT2D eigenvalue weighted by Gasteiger charge is -2.09. The predicted octanol–water partition coefficient (Wildman–Crippen LogP) is 3.86. The molecule has 19 heavy (non-hydrogen) atoms. The first-order valence-electron chi connectivity index (χ1n) is 6.21. The lowest BCUT2D eigenvalue weighted by molar-refractivity contribution is 0.992. The van der Waals surface area contributed by atoms with Gasteiger partial charge in [0, 0.05) is 11.3 Å². The van der Waals surface area contributed by atoms with Crippen molar-refractivity contribution in [1.29, 1.82) is 0 Å². The highest BCUT2D eigenvalue weighted by atomic mass is 15.3. The van der Waals surface area contributed by atoms with E-state index in [0.29, 0.717) is 0 Å². The summed E-state index contributed by atoms with van der Waals surface area (Å²) in [6.45, 7) is 7.64. The minimum absolute atomic E-state index is 0.847. The Bertz CT molecular complexity index is 619. The van der Waals surface area contributed by atoms with Crippen molar-refractivity contribution < 1.29 is 0 Å². The van der Waals surface area contributed by atoms with Crippen molar-refractivity contribution in [3.8, 4) is 11.4 Å². The Balaban J connectivity index is 2.55. The van der Waals surface area contributed by atoms with Gasteiger partial charge in [-0.05, 0) is 19.9 Å². The standard InChI is InChI=1S/C16H17N3/c1-4-6-12-15(5-2)19-13(3)17-18-16(19)14-10-8-7-9-11-14/h4-12H,1H2,2-3H3. The van der Waals surface area contributed by atoms with Crippen LogP contribution in [0.15, 0.2) is 61.2 Å². The first kappa shape index (κ1) is 13.0. The monoisotopic (exact) mass is 251 g/mol. The first-order valence-corrected chi connectivity index (χ1v) is 6.21. The summed E-state index contributed by atoms with van der Waals surface area (Å²) in [6, 6.07) is 10.1. The van der Waals surface area contributed by atoms with E-state index in [-0.39, 0.29) is 0 Å². The number of nitrogens with zero attached hydrogens (tertiary/aromatic N) is 3. The van der Waals surface area contributed by atoms with E-state index in [9.17, 15) is 0 Å². The Morgan fingerprint density at radius 3 is 2.58 bits per heavy atom. The van der Waals surface area contributed by atoms with Gasteiger partial charge in [-0.25, -0.2) is 0 Å². The van der Waals surface area contributed by atoms with Crippen LogP contribution in [0.4, 0.5) is 0 Å². The van der Waals surface area contributed by atoms with Gasteiger partial charge in [-0.15, -0.1) is 10.2 Å². The SMILES string of the molecule is C=CC=CC(=CC)n1c(C)nnc1-c1ccccc1. The summed E-state index contributed by atoms with van der Waals surface area (Å²) in [5, 5.41) is 8.46. The maximum absolute atomic E-state index is 4.28. The molecule has 0 aliphatic rings. The minimum atomic E-state index is 0.847. The van der Waals surface area contributed by atoms with Crippen molar-refractivity contribution in [2.24, 2.45) is 0 Å². The molecule has 1 aromatic carbocycles. The number of hydrogen-bond donors (Lipinski definition) is 0. The second kappa shape index (κ2) is 5.96.